The van der Waals surface area contributed by atoms with Crippen molar-refractivity contribution in [1.29, 1.82) is 0 Å². The molecule has 0 unspecified atom stereocenters. The molecule has 0 saturated carbocycles. The van der Waals surface area contributed by atoms with Crippen molar-refractivity contribution in [2.24, 2.45) is 4.99 Å². The van der Waals surface area contributed by atoms with Gasteiger partial charge < -0.3 is 9.84 Å². The SMILES string of the molecule is CC(=O)OC1=C(C(=O)c2ccncc2)N=C2CC(F)=C(O)C(C)=C21. The van der Waals surface area contributed by atoms with Crippen molar-refractivity contribution >= 4 is 17.5 Å². The van der Waals surface area contributed by atoms with Crippen LogP contribution in [-0.4, -0.2) is 27.6 Å². The minimum absolute atomic E-state index is 0.0594. The van der Waals surface area contributed by atoms with Crippen molar-refractivity contribution in [3.63, 3.8) is 0 Å². The normalized spacial score (nSPS) is 17.0. The number of carbonyl (C=O) groups is 2. The molecule has 2 aliphatic rings. The minimum atomic E-state index is -0.741. The van der Waals surface area contributed by atoms with Crippen LogP contribution in [0.1, 0.15) is 30.6 Å². The zero-order valence-electron chi connectivity index (χ0n) is 13.0. The molecule has 0 atom stereocenters. The number of hydrogen-bond donors (Lipinski definition) is 1. The predicted octanol–water partition coefficient (Wildman–Crippen LogP) is 2.95. The Balaban J connectivity index is 2.16. The lowest BCUT2D eigenvalue weighted by Gasteiger charge is -2.17. The van der Waals surface area contributed by atoms with Crippen LogP contribution in [0.5, 0.6) is 0 Å². The van der Waals surface area contributed by atoms with Crippen LogP contribution in [0.15, 0.2) is 63.7 Å². The number of aromatic nitrogens is 1. The fourth-order valence-electron chi connectivity index (χ4n) is 2.60. The Morgan fingerprint density at radius 3 is 2.58 bits per heavy atom. The lowest BCUT2D eigenvalue weighted by molar-refractivity contribution is -0.136. The van der Waals surface area contributed by atoms with Crippen molar-refractivity contribution in [3.05, 3.63) is 64.3 Å². The third-order valence-corrected chi connectivity index (χ3v) is 3.69. The molecular formula is C17H13FN2O4. The van der Waals surface area contributed by atoms with Gasteiger partial charge in [0.05, 0.1) is 5.71 Å². The third-order valence-electron chi connectivity index (χ3n) is 3.69. The van der Waals surface area contributed by atoms with Gasteiger partial charge in [-0.2, -0.15) is 0 Å². The molecule has 0 radical (unpaired) electrons. The van der Waals surface area contributed by atoms with Gasteiger partial charge in [-0.1, -0.05) is 0 Å². The molecule has 3 rings (SSSR count). The maximum Gasteiger partial charge on any atom is 0.308 e. The molecule has 1 N–H and O–H groups in total. The molecule has 0 saturated heterocycles. The van der Waals surface area contributed by atoms with Gasteiger partial charge in [0, 0.05) is 42.4 Å². The highest BCUT2D eigenvalue weighted by Gasteiger charge is 2.36. The van der Waals surface area contributed by atoms with Crippen LogP contribution in [-0.2, 0) is 9.53 Å². The average molecular weight is 328 g/mol. The summed E-state index contributed by atoms with van der Waals surface area (Å²) in [6.07, 6.45) is 2.63. The van der Waals surface area contributed by atoms with Crippen molar-refractivity contribution < 1.29 is 23.8 Å². The van der Waals surface area contributed by atoms with Crippen LogP contribution in [0.2, 0.25) is 0 Å². The van der Waals surface area contributed by atoms with E-state index >= 15 is 0 Å². The zero-order valence-corrected chi connectivity index (χ0v) is 13.0. The van der Waals surface area contributed by atoms with Gasteiger partial charge in [-0.05, 0) is 19.1 Å². The summed E-state index contributed by atoms with van der Waals surface area (Å²) in [5.41, 5.74) is 0.913. The van der Waals surface area contributed by atoms with Crippen molar-refractivity contribution in [1.82, 2.24) is 4.98 Å². The van der Waals surface area contributed by atoms with E-state index in [2.05, 4.69) is 9.98 Å². The van der Waals surface area contributed by atoms with E-state index in [1.165, 1.54) is 38.4 Å². The smallest absolute Gasteiger partial charge is 0.308 e. The number of fused-ring (bicyclic) bond motifs is 1. The first kappa shape index (κ1) is 15.8. The molecule has 24 heavy (non-hydrogen) atoms. The Morgan fingerprint density at radius 2 is 1.96 bits per heavy atom. The van der Waals surface area contributed by atoms with Gasteiger partial charge in [0.25, 0.3) is 0 Å². The summed E-state index contributed by atoms with van der Waals surface area (Å²) in [4.78, 5) is 32.1. The van der Waals surface area contributed by atoms with E-state index in [-0.39, 0.29) is 34.7 Å². The number of aliphatic hydroxyl groups excluding tert-OH is 1. The first-order valence-corrected chi connectivity index (χ1v) is 7.14. The van der Waals surface area contributed by atoms with E-state index < -0.39 is 23.3 Å². The number of allylic oxidation sites excluding steroid dienone is 4. The van der Waals surface area contributed by atoms with Gasteiger partial charge in [-0.25, -0.2) is 9.38 Å². The van der Waals surface area contributed by atoms with Gasteiger partial charge in [0.2, 0.25) is 5.78 Å². The number of halogens is 1. The number of ether oxygens (including phenoxy) is 1. The number of carbonyl (C=O) groups excluding carboxylic acids is 2. The van der Waals surface area contributed by atoms with E-state index in [1.807, 2.05) is 0 Å². The molecule has 2 heterocycles. The van der Waals surface area contributed by atoms with Crippen LogP contribution in [0.4, 0.5) is 4.39 Å². The molecular weight excluding hydrogens is 315 g/mol. The molecule has 0 aromatic carbocycles. The van der Waals surface area contributed by atoms with Crippen LogP contribution < -0.4 is 0 Å². The number of nitrogens with zero attached hydrogens (tertiary/aromatic N) is 2. The van der Waals surface area contributed by atoms with Crippen LogP contribution in [0, 0.1) is 0 Å². The lowest BCUT2D eigenvalue weighted by atomic mass is 9.93. The Kier molecular flexibility index (Phi) is 3.84. The number of ketones is 1. The minimum Gasteiger partial charge on any atom is -0.505 e. The predicted molar refractivity (Wildman–Crippen MR) is 82.9 cm³/mol. The fourth-order valence-corrected chi connectivity index (χ4v) is 2.60. The molecule has 1 aliphatic heterocycles. The van der Waals surface area contributed by atoms with Crippen molar-refractivity contribution in [3.8, 4) is 0 Å². The molecule has 1 aliphatic carbocycles. The quantitative estimate of drug-likeness (QED) is 0.680. The highest BCUT2D eigenvalue weighted by atomic mass is 19.1. The monoisotopic (exact) mass is 328 g/mol. The van der Waals surface area contributed by atoms with E-state index in [4.69, 9.17) is 4.74 Å². The van der Waals surface area contributed by atoms with Crippen molar-refractivity contribution in [2.75, 3.05) is 0 Å². The second-order valence-electron chi connectivity index (χ2n) is 5.33. The Labute approximate surface area is 136 Å². The number of esters is 1. The van der Waals surface area contributed by atoms with E-state index in [0.717, 1.165) is 0 Å². The number of aliphatic imine (C=N–C) groups is 1. The summed E-state index contributed by atoms with van der Waals surface area (Å²) in [5.74, 6) is -2.44. The Hall–Kier alpha value is -3.09. The van der Waals surface area contributed by atoms with Gasteiger partial charge in [0.1, 0.15) is 5.83 Å². The lowest BCUT2D eigenvalue weighted by Crippen LogP contribution is -2.14. The van der Waals surface area contributed by atoms with Gasteiger partial charge in [-0.3, -0.25) is 14.6 Å². The third kappa shape index (κ3) is 2.54. The van der Waals surface area contributed by atoms with E-state index in [1.54, 1.807) is 0 Å². The second kappa shape index (κ2) is 5.84. The molecule has 6 nitrogen and oxygen atoms in total. The summed E-state index contributed by atoms with van der Waals surface area (Å²) in [7, 11) is 0. The summed E-state index contributed by atoms with van der Waals surface area (Å²) in [6, 6.07) is 3.00. The van der Waals surface area contributed by atoms with Crippen LogP contribution >= 0.6 is 0 Å². The van der Waals surface area contributed by atoms with Crippen LogP contribution in [0.3, 0.4) is 0 Å². The first-order chi connectivity index (χ1) is 11.4. The summed E-state index contributed by atoms with van der Waals surface area (Å²) < 4.78 is 19.0. The molecule has 7 heteroatoms. The number of rotatable bonds is 3. The first-order valence-electron chi connectivity index (χ1n) is 7.14. The van der Waals surface area contributed by atoms with Crippen molar-refractivity contribution in [2.45, 2.75) is 20.3 Å². The summed E-state index contributed by atoms with van der Waals surface area (Å²) in [6.45, 7) is 2.66. The molecule has 1 aromatic heterocycles. The fraction of sp³-hybridized carbons (Fsp3) is 0.176. The van der Waals surface area contributed by atoms with E-state index in [0.29, 0.717) is 5.56 Å². The number of pyridine rings is 1. The van der Waals surface area contributed by atoms with Crippen LogP contribution in [0.25, 0.3) is 0 Å². The average Bonchev–Trinajstić information content (AvgIpc) is 2.90. The summed E-state index contributed by atoms with van der Waals surface area (Å²) in [5, 5.41) is 9.82. The highest BCUT2D eigenvalue weighted by molar-refractivity contribution is 6.19. The maximum atomic E-state index is 13.8. The van der Waals surface area contributed by atoms with Gasteiger partial charge in [0.15, 0.2) is 17.2 Å². The number of Topliss-reactive ketones (excluding diaryl/α,β-unsaturated/α-hetero) is 1. The Bertz CT molecular complexity index is 879. The number of hydrogen-bond acceptors (Lipinski definition) is 6. The standard InChI is InChI=1S/C17H13FN2O4/c1-8-13-12(7-11(18)15(8)22)20-14(17(13)24-9(2)21)16(23)10-3-5-19-6-4-10/h3-6,22H,7H2,1-2H3. The molecule has 0 spiro atoms. The second-order valence-corrected chi connectivity index (χ2v) is 5.33. The van der Waals surface area contributed by atoms with Gasteiger partial charge >= 0.3 is 5.97 Å². The zero-order chi connectivity index (χ0) is 17.4. The molecule has 0 fully saturated rings. The number of aliphatic hydroxyl groups is 1. The largest absolute Gasteiger partial charge is 0.505 e. The topological polar surface area (TPSA) is 88.9 Å². The molecule has 122 valence electrons. The van der Waals surface area contributed by atoms with Gasteiger partial charge in [-0.15, -0.1) is 0 Å². The summed E-state index contributed by atoms with van der Waals surface area (Å²) >= 11 is 0. The van der Waals surface area contributed by atoms with E-state index in [9.17, 15) is 19.1 Å². The molecule has 1 aromatic rings. The molecule has 0 amide bonds. The maximum absolute atomic E-state index is 13.8. The highest BCUT2D eigenvalue weighted by Crippen LogP contribution is 2.39. The molecule has 0 bridgehead atoms. The Morgan fingerprint density at radius 1 is 1.29 bits per heavy atom.